The van der Waals surface area contributed by atoms with Gasteiger partial charge in [0.2, 0.25) is 0 Å². The SMILES string of the molecule is C[C@H](C(=O)Nc1ccc(Br)cc1F)[NH+]1CC[NH+](Cc2ccccc2)CC1. The Morgan fingerprint density at radius 1 is 1.15 bits per heavy atom. The Bertz CT molecular complexity index is 748. The minimum atomic E-state index is -0.424. The van der Waals surface area contributed by atoms with Crippen molar-refractivity contribution in [2.75, 3.05) is 31.5 Å². The van der Waals surface area contributed by atoms with Crippen molar-refractivity contribution in [3.05, 3.63) is 64.4 Å². The van der Waals surface area contributed by atoms with Crippen LogP contribution in [0.1, 0.15) is 12.5 Å². The Morgan fingerprint density at radius 2 is 1.85 bits per heavy atom. The lowest BCUT2D eigenvalue weighted by Gasteiger charge is -2.32. The van der Waals surface area contributed by atoms with Gasteiger partial charge in [-0.3, -0.25) is 4.79 Å². The van der Waals surface area contributed by atoms with Gasteiger partial charge in [0.1, 0.15) is 38.5 Å². The van der Waals surface area contributed by atoms with E-state index in [1.807, 2.05) is 13.0 Å². The van der Waals surface area contributed by atoms with Crippen LogP contribution in [-0.4, -0.2) is 38.1 Å². The van der Waals surface area contributed by atoms with Gasteiger partial charge < -0.3 is 15.1 Å². The third-order valence-electron chi connectivity index (χ3n) is 5.09. The third kappa shape index (κ3) is 4.90. The fraction of sp³-hybridized carbons (Fsp3) is 0.350. The maximum Gasteiger partial charge on any atom is 0.282 e. The maximum absolute atomic E-state index is 13.9. The Morgan fingerprint density at radius 3 is 2.50 bits per heavy atom. The van der Waals surface area contributed by atoms with E-state index in [9.17, 15) is 9.18 Å². The van der Waals surface area contributed by atoms with Gasteiger partial charge in [-0.2, -0.15) is 0 Å². The monoisotopic (exact) mass is 421 g/mol. The molecular weight excluding hydrogens is 397 g/mol. The average Bonchev–Trinajstić information content (AvgIpc) is 2.65. The second kappa shape index (κ2) is 8.75. The number of carbonyl (C=O) groups excluding carboxylic acids is 1. The molecule has 0 bridgehead atoms. The summed E-state index contributed by atoms with van der Waals surface area (Å²) in [5, 5.41) is 2.72. The number of quaternary nitrogens is 2. The van der Waals surface area contributed by atoms with Crippen LogP contribution in [-0.2, 0) is 11.3 Å². The number of carbonyl (C=O) groups is 1. The summed E-state index contributed by atoms with van der Waals surface area (Å²) in [4.78, 5) is 15.3. The topological polar surface area (TPSA) is 38.0 Å². The number of halogens is 2. The first-order valence-corrected chi connectivity index (χ1v) is 9.80. The molecule has 26 heavy (non-hydrogen) atoms. The molecule has 1 amide bonds. The highest BCUT2D eigenvalue weighted by Gasteiger charge is 2.31. The lowest BCUT2D eigenvalue weighted by atomic mass is 10.1. The fourth-order valence-corrected chi connectivity index (χ4v) is 3.77. The zero-order valence-corrected chi connectivity index (χ0v) is 16.5. The van der Waals surface area contributed by atoms with Gasteiger partial charge in [-0.25, -0.2) is 4.39 Å². The molecule has 0 radical (unpaired) electrons. The molecule has 2 aromatic rings. The first-order valence-electron chi connectivity index (χ1n) is 9.01. The van der Waals surface area contributed by atoms with Gasteiger partial charge in [-0.15, -0.1) is 0 Å². The van der Waals surface area contributed by atoms with Crippen molar-refractivity contribution in [3.63, 3.8) is 0 Å². The predicted octanol–water partition coefficient (Wildman–Crippen LogP) is 0.899. The molecule has 0 aromatic heterocycles. The Kier molecular flexibility index (Phi) is 6.40. The lowest BCUT2D eigenvalue weighted by molar-refractivity contribution is -1.02. The van der Waals surface area contributed by atoms with Crippen LogP contribution in [0.5, 0.6) is 0 Å². The van der Waals surface area contributed by atoms with E-state index >= 15 is 0 Å². The van der Waals surface area contributed by atoms with E-state index in [4.69, 9.17) is 0 Å². The minimum absolute atomic E-state index is 0.132. The van der Waals surface area contributed by atoms with Gasteiger partial charge in [-0.1, -0.05) is 46.3 Å². The summed E-state index contributed by atoms with van der Waals surface area (Å²) in [5.74, 6) is -0.556. The van der Waals surface area contributed by atoms with Crippen LogP contribution in [0.2, 0.25) is 0 Å². The van der Waals surface area contributed by atoms with E-state index in [1.165, 1.54) is 16.5 Å². The zero-order valence-electron chi connectivity index (χ0n) is 14.9. The van der Waals surface area contributed by atoms with Crippen LogP contribution in [0.25, 0.3) is 0 Å². The highest BCUT2D eigenvalue weighted by molar-refractivity contribution is 9.10. The van der Waals surface area contributed by atoms with E-state index in [0.29, 0.717) is 4.47 Å². The van der Waals surface area contributed by atoms with Gasteiger partial charge in [0.05, 0.1) is 5.69 Å². The fourth-order valence-electron chi connectivity index (χ4n) is 3.44. The molecule has 0 saturated carbocycles. The number of amides is 1. The van der Waals surface area contributed by atoms with Crippen LogP contribution < -0.4 is 15.1 Å². The molecule has 138 valence electrons. The van der Waals surface area contributed by atoms with Crippen molar-refractivity contribution in [1.82, 2.24) is 0 Å². The molecule has 1 atom stereocenters. The highest BCUT2D eigenvalue weighted by Crippen LogP contribution is 2.19. The number of hydrogen-bond donors (Lipinski definition) is 3. The number of benzene rings is 2. The molecule has 1 aliphatic heterocycles. The van der Waals surface area contributed by atoms with E-state index in [1.54, 1.807) is 17.0 Å². The van der Waals surface area contributed by atoms with E-state index < -0.39 is 5.82 Å². The first-order chi connectivity index (χ1) is 12.5. The maximum atomic E-state index is 13.9. The summed E-state index contributed by atoms with van der Waals surface area (Å²) in [7, 11) is 0. The van der Waals surface area contributed by atoms with Gasteiger partial charge in [-0.05, 0) is 25.1 Å². The summed E-state index contributed by atoms with van der Waals surface area (Å²) >= 11 is 3.22. The van der Waals surface area contributed by atoms with Crippen LogP contribution in [0.15, 0.2) is 53.0 Å². The second-order valence-corrected chi connectivity index (χ2v) is 7.82. The molecule has 0 spiro atoms. The molecule has 2 aromatic carbocycles. The van der Waals surface area contributed by atoms with Crippen LogP contribution >= 0.6 is 15.9 Å². The molecule has 0 aliphatic carbocycles. The van der Waals surface area contributed by atoms with Gasteiger partial charge >= 0.3 is 0 Å². The van der Waals surface area contributed by atoms with Crippen molar-refractivity contribution in [3.8, 4) is 0 Å². The quantitative estimate of drug-likeness (QED) is 0.659. The van der Waals surface area contributed by atoms with Crippen LogP contribution in [0.3, 0.4) is 0 Å². The number of piperazine rings is 1. The highest BCUT2D eigenvalue weighted by atomic mass is 79.9. The molecule has 6 heteroatoms. The van der Waals surface area contributed by atoms with Crippen molar-refractivity contribution in [2.45, 2.75) is 19.5 Å². The molecule has 3 N–H and O–H groups in total. The second-order valence-electron chi connectivity index (χ2n) is 6.91. The summed E-state index contributed by atoms with van der Waals surface area (Å²) in [6, 6.07) is 15.0. The molecule has 1 heterocycles. The van der Waals surface area contributed by atoms with E-state index in [0.717, 1.165) is 32.7 Å². The predicted molar refractivity (Wildman–Crippen MR) is 104 cm³/mol. The summed E-state index contributed by atoms with van der Waals surface area (Å²) in [5.41, 5.74) is 1.58. The van der Waals surface area contributed by atoms with E-state index in [2.05, 4.69) is 45.5 Å². The zero-order chi connectivity index (χ0) is 18.5. The minimum Gasteiger partial charge on any atom is -0.322 e. The van der Waals surface area contributed by atoms with Crippen molar-refractivity contribution < 1.29 is 19.0 Å². The average molecular weight is 422 g/mol. The summed E-state index contributed by atoms with van der Waals surface area (Å²) < 4.78 is 14.6. The lowest BCUT2D eigenvalue weighted by Crippen LogP contribution is -3.29. The Hall–Kier alpha value is -1.76. The Balaban J connectivity index is 1.51. The van der Waals surface area contributed by atoms with Crippen molar-refractivity contribution in [2.24, 2.45) is 0 Å². The number of hydrogen-bond acceptors (Lipinski definition) is 1. The van der Waals surface area contributed by atoms with Crippen molar-refractivity contribution in [1.29, 1.82) is 0 Å². The Labute approximate surface area is 162 Å². The molecule has 1 saturated heterocycles. The summed E-state index contributed by atoms with van der Waals surface area (Å²) in [6.07, 6.45) is 0. The standard InChI is InChI=1S/C20H23BrFN3O/c1-15(20(26)23-19-8-7-17(21)13-18(19)22)25-11-9-24(10-12-25)14-16-5-3-2-4-6-16/h2-8,13,15H,9-12,14H2,1H3,(H,23,26)/p+2/t15-/m1/s1. The molecule has 1 fully saturated rings. The first kappa shape index (κ1) is 19.0. The molecule has 1 aliphatic rings. The van der Waals surface area contributed by atoms with E-state index in [-0.39, 0.29) is 17.6 Å². The number of anilines is 1. The number of rotatable bonds is 5. The molecule has 0 unspecified atom stereocenters. The molecular formula is C20H25BrFN3O+2. The van der Waals surface area contributed by atoms with Crippen molar-refractivity contribution >= 4 is 27.5 Å². The molecule has 4 nitrogen and oxygen atoms in total. The largest absolute Gasteiger partial charge is 0.322 e. The van der Waals surface area contributed by atoms with Gasteiger partial charge in [0, 0.05) is 10.0 Å². The number of nitrogens with one attached hydrogen (secondary N) is 3. The third-order valence-corrected chi connectivity index (χ3v) is 5.58. The molecule has 3 rings (SSSR count). The normalized spacial score (nSPS) is 21.2. The van der Waals surface area contributed by atoms with Crippen LogP contribution in [0, 0.1) is 5.82 Å². The smallest absolute Gasteiger partial charge is 0.282 e. The summed E-state index contributed by atoms with van der Waals surface area (Å²) in [6.45, 7) is 6.91. The van der Waals surface area contributed by atoms with Crippen LogP contribution in [0.4, 0.5) is 10.1 Å². The van der Waals surface area contributed by atoms with Gasteiger partial charge in [0.15, 0.2) is 6.04 Å². The van der Waals surface area contributed by atoms with Gasteiger partial charge in [0.25, 0.3) is 5.91 Å².